The Balaban J connectivity index is 2.07. The molecule has 0 saturated heterocycles. The highest BCUT2D eigenvalue weighted by molar-refractivity contribution is 5.91. The molecule has 21 heavy (non-hydrogen) atoms. The fourth-order valence-corrected chi connectivity index (χ4v) is 2.47. The van der Waals surface area contributed by atoms with Crippen molar-refractivity contribution in [3.63, 3.8) is 0 Å². The highest BCUT2D eigenvalue weighted by atomic mass is 16.7. The van der Waals surface area contributed by atoms with E-state index in [2.05, 4.69) is 0 Å². The number of cyclic esters (lactones) is 1. The molecule has 0 fully saturated rings. The van der Waals surface area contributed by atoms with Crippen LogP contribution in [0.5, 0.6) is 0 Å². The third-order valence-corrected chi connectivity index (χ3v) is 3.68. The molecule has 0 amide bonds. The zero-order chi connectivity index (χ0) is 15.5. The zero-order valence-electron chi connectivity index (χ0n) is 13.0. The van der Waals surface area contributed by atoms with Crippen LogP contribution in [0, 0.1) is 0 Å². The maximum atomic E-state index is 11.8. The van der Waals surface area contributed by atoms with Gasteiger partial charge in [-0.3, -0.25) is 0 Å². The van der Waals surface area contributed by atoms with Gasteiger partial charge in [-0.25, -0.2) is 4.79 Å². The van der Waals surface area contributed by atoms with Crippen LogP contribution in [0.4, 0.5) is 0 Å². The van der Waals surface area contributed by atoms with Gasteiger partial charge in [-0.2, -0.15) is 0 Å². The smallest absolute Gasteiger partial charge is 0.338 e. The summed E-state index contributed by atoms with van der Waals surface area (Å²) in [7, 11) is 1.54. The molecule has 1 aliphatic rings. The number of furan rings is 1. The van der Waals surface area contributed by atoms with Crippen molar-refractivity contribution in [3.8, 4) is 0 Å². The fourth-order valence-electron chi connectivity index (χ4n) is 2.47. The molecule has 0 saturated carbocycles. The number of rotatable bonds is 7. The van der Waals surface area contributed by atoms with Gasteiger partial charge in [0.15, 0.2) is 18.2 Å². The van der Waals surface area contributed by atoms with Gasteiger partial charge >= 0.3 is 5.97 Å². The molecule has 0 N–H and O–H groups in total. The lowest BCUT2D eigenvalue weighted by atomic mass is 9.96. The Kier molecular flexibility index (Phi) is 4.73. The van der Waals surface area contributed by atoms with Crippen molar-refractivity contribution in [3.05, 3.63) is 35.0 Å². The summed E-state index contributed by atoms with van der Waals surface area (Å²) in [4.78, 5) is 11.8. The summed E-state index contributed by atoms with van der Waals surface area (Å²) in [5, 5.41) is 0. The summed E-state index contributed by atoms with van der Waals surface area (Å²) in [6.07, 6.45) is 2.15. The lowest BCUT2D eigenvalue weighted by molar-refractivity contribution is -0.148. The van der Waals surface area contributed by atoms with E-state index in [0.717, 1.165) is 17.9 Å². The number of esters is 1. The minimum atomic E-state index is -0.765. The first-order valence-electron chi connectivity index (χ1n) is 7.14. The second-order valence-corrected chi connectivity index (χ2v) is 5.35. The van der Waals surface area contributed by atoms with Crippen LogP contribution in [0.25, 0.3) is 0 Å². The number of carbonyl (C=O) groups excluding carboxylic acids is 1. The van der Waals surface area contributed by atoms with Gasteiger partial charge in [0.25, 0.3) is 0 Å². The maximum absolute atomic E-state index is 11.8. The van der Waals surface area contributed by atoms with Gasteiger partial charge in [0.2, 0.25) is 0 Å². The van der Waals surface area contributed by atoms with Crippen molar-refractivity contribution >= 4 is 5.97 Å². The summed E-state index contributed by atoms with van der Waals surface area (Å²) in [5.74, 6) is 2.06. The molecule has 116 valence electrons. The molecule has 2 heterocycles. The number of aryl methyl sites for hydroxylation is 2. The van der Waals surface area contributed by atoms with Crippen LogP contribution >= 0.6 is 0 Å². The van der Waals surface area contributed by atoms with E-state index in [1.165, 1.54) is 0 Å². The molecule has 0 spiro atoms. The molecule has 1 aromatic heterocycles. The van der Waals surface area contributed by atoms with Gasteiger partial charge in [-0.1, -0.05) is 6.92 Å². The fraction of sp³-hybridized carbons (Fsp3) is 0.562. The lowest BCUT2D eigenvalue weighted by Gasteiger charge is -2.26. The molecular formula is C16H22O5. The monoisotopic (exact) mass is 294 g/mol. The van der Waals surface area contributed by atoms with E-state index in [0.29, 0.717) is 24.2 Å². The number of methoxy groups -OCH3 is 1. The Morgan fingerprint density at radius 1 is 1.29 bits per heavy atom. The number of ether oxygens (including phenoxy) is 3. The first-order chi connectivity index (χ1) is 10.00. The van der Waals surface area contributed by atoms with Crippen molar-refractivity contribution in [2.75, 3.05) is 13.9 Å². The third kappa shape index (κ3) is 3.29. The molecule has 1 atom stereocenters. The van der Waals surface area contributed by atoms with E-state index < -0.39 is 5.60 Å². The standard InChI is InChI=1S/C16H22O5/c1-5-12-6-7-13(20-12)8-9-16(3)14(19-10-18-4)11(2)15(17)21-16/h6-7H,5,8-10H2,1-4H3/t16-/m0/s1. The first-order valence-corrected chi connectivity index (χ1v) is 7.14. The lowest BCUT2D eigenvalue weighted by Crippen LogP contribution is -2.30. The van der Waals surface area contributed by atoms with Gasteiger partial charge in [0, 0.05) is 26.4 Å². The van der Waals surface area contributed by atoms with Gasteiger partial charge in [-0.15, -0.1) is 0 Å². The van der Waals surface area contributed by atoms with E-state index >= 15 is 0 Å². The van der Waals surface area contributed by atoms with Crippen LogP contribution in [-0.4, -0.2) is 25.5 Å². The summed E-state index contributed by atoms with van der Waals surface area (Å²) < 4.78 is 21.6. The van der Waals surface area contributed by atoms with E-state index in [1.54, 1.807) is 14.0 Å². The Hall–Kier alpha value is -1.75. The number of hydrogen-bond acceptors (Lipinski definition) is 5. The molecule has 0 unspecified atom stereocenters. The SMILES string of the molecule is CCc1ccc(CC[C@]2(C)OC(=O)C(C)=C2OCOC)o1. The van der Waals surface area contributed by atoms with Crippen molar-refractivity contribution in [1.29, 1.82) is 0 Å². The van der Waals surface area contributed by atoms with E-state index in [4.69, 9.17) is 18.6 Å². The average Bonchev–Trinajstić information content (AvgIpc) is 3.00. The van der Waals surface area contributed by atoms with Crippen LogP contribution < -0.4 is 0 Å². The molecular weight excluding hydrogens is 272 g/mol. The largest absolute Gasteiger partial charge is 0.467 e. The van der Waals surface area contributed by atoms with Gasteiger partial charge in [0.1, 0.15) is 11.5 Å². The van der Waals surface area contributed by atoms with Gasteiger partial charge in [0.05, 0.1) is 5.57 Å². The molecule has 0 aliphatic carbocycles. The summed E-state index contributed by atoms with van der Waals surface area (Å²) >= 11 is 0. The zero-order valence-corrected chi connectivity index (χ0v) is 13.0. The quantitative estimate of drug-likeness (QED) is 0.571. The minimum Gasteiger partial charge on any atom is -0.467 e. The highest BCUT2D eigenvalue weighted by Crippen LogP contribution is 2.37. The molecule has 0 radical (unpaired) electrons. The van der Waals surface area contributed by atoms with Crippen LogP contribution in [0.15, 0.2) is 27.9 Å². The van der Waals surface area contributed by atoms with Crippen LogP contribution in [0.1, 0.15) is 38.7 Å². The summed E-state index contributed by atoms with van der Waals surface area (Å²) in [5.41, 5.74) is -0.262. The van der Waals surface area contributed by atoms with Crippen molar-refractivity contribution < 1.29 is 23.4 Å². The number of hydrogen-bond donors (Lipinski definition) is 0. The second-order valence-electron chi connectivity index (χ2n) is 5.35. The summed E-state index contributed by atoms with van der Waals surface area (Å²) in [6, 6.07) is 3.94. The van der Waals surface area contributed by atoms with E-state index in [9.17, 15) is 4.79 Å². The van der Waals surface area contributed by atoms with Crippen molar-refractivity contribution in [2.45, 2.75) is 45.6 Å². The molecule has 5 heteroatoms. The predicted octanol–water partition coefficient (Wildman–Crippen LogP) is 2.98. The molecule has 1 aromatic rings. The van der Waals surface area contributed by atoms with E-state index in [1.807, 2.05) is 26.0 Å². The molecule has 2 rings (SSSR count). The molecule has 0 bridgehead atoms. The van der Waals surface area contributed by atoms with Crippen LogP contribution in [0.2, 0.25) is 0 Å². The average molecular weight is 294 g/mol. The highest BCUT2D eigenvalue weighted by Gasteiger charge is 2.44. The Bertz CT molecular complexity index is 543. The number of carbonyl (C=O) groups is 1. The van der Waals surface area contributed by atoms with Crippen LogP contribution in [0.3, 0.4) is 0 Å². The predicted molar refractivity (Wildman–Crippen MR) is 76.6 cm³/mol. The Morgan fingerprint density at radius 2 is 2.00 bits per heavy atom. The maximum Gasteiger partial charge on any atom is 0.338 e. The van der Waals surface area contributed by atoms with Crippen LogP contribution in [-0.2, 0) is 31.8 Å². The Labute approximate surface area is 124 Å². The summed E-state index contributed by atoms with van der Waals surface area (Å²) in [6.45, 7) is 5.71. The first kappa shape index (κ1) is 15.6. The third-order valence-electron chi connectivity index (χ3n) is 3.68. The molecule has 0 aromatic carbocycles. The Morgan fingerprint density at radius 3 is 2.62 bits per heavy atom. The molecule has 1 aliphatic heterocycles. The van der Waals surface area contributed by atoms with Crippen molar-refractivity contribution in [2.24, 2.45) is 0 Å². The molecule has 5 nitrogen and oxygen atoms in total. The minimum absolute atomic E-state index is 0.0969. The van der Waals surface area contributed by atoms with Gasteiger partial charge < -0.3 is 18.6 Å². The topological polar surface area (TPSA) is 57.9 Å². The van der Waals surface area contributed by atoms with E-state index in [-0.39, 0.29) is 12.8 Å². The normalized spacial score (nSPS) is 21.8. The second kappa shape index (κ2) is 6.35. The van der Waals surface area contributed by atoms with Crippen molar-refractivity contribution in [1.82, 2.24) is 0 Å². The van der Waals surface area contributed by atoms with Gasteiger partial charge in [-0.05, 0) is 26.0 Å².